The molecule has 0 aromatic heterocycles. The topological polar surface area (TPSA) is 111 Å². The van der Waals surface area contributed by atoms with E-state index in [-0.39, 0.29) is 5.56 Å². The number of rotatable bonds is 12. The van der Waals surface area contributed by atoms with E-state index in [0.29, 0.717) is 5.56 Å². The van der Waals surface area contributed by atoms with Crippen molar-refractivity contribution in [3.05, 3.63) is 149 Å². The van der Waals surface area contributed by atoms with Gasteiger partial charge in [0.25, 0.3) is 11.8 Å². The molecule has 0 aliphatic heterocycles. The Morgan fingerprint density at radius 1 is 0.659 bits per heavy atom. The van der Waals surface area contributed by atoms with Gasteiger partial charge in [0.05, 0.1) is 14.2 Å². The molecule has 4 aromatic carbocycles. The van der Waals surface area contributed by atoms with Crippen molar-refractivity contribution >= 4 is 29.8 Å². The quantitative estimate of drug-likeness (QED) is 0.111. The third kappa shape index (κ3) is 7.64. The van der Waals surface area contributed by atoms with Crippen LogP contribution in [0.25, 0.3) is 6.08 Å². The Kier molecular flexibility index (Phi) is 10.8. The Hall–Kier alpha value is -5.54. The molecule has 9 nitrogen and oxygen atoms in total. The lowest BCUT2D eigenvalue weighted by molar-refractivity contribution is -0.144. The minimum Gasteiger partial charge on any atom is -0.468 e. The third-order valence-electron chi connectivity index (χ3n) is 6.81. The number of ether oxygens (including phenoxy) is 2. The van der Waals surface area contributed by atoms with E-state index in [2.05, 4.69) is 15.0 Å². The van der Waals surface area contributed by atoms with E-state index in [1.807, 2.05) is 91.0 Å². The van der Waals surface area contributed by atoms with Crippen LogP contribution in [0.2, 0.25) is 0 Å². The Bertz CT molecular complexity index is 1470. The highest BCUT2D eigenvalue weighted by Gasteiger charge is 2.39. The van der Waals surface area contributed by atoms with Crippen LogP contribution in [0.1, 0.15) is 32.6 Å². The smallest absolute Gasteiger partial charge is 0.325 e. The molecule has 4 rings (SSSR count). The molecule has 0 atom stereocenters. The highest BCUT2D eigenvalue weighted by Crippen LogP contribution is 2.39. The van der Waals surface area contributed by atoms with E-state index >= 15 is 0 Å². The van der Waals surface area contributed by atoms with E-state index in [4.69, 9.17) is 4.84 Å². The minimum atomic E-state index is -1.13. The van der Waals surface area contributed by atoms with Gasteiger partial charge in [-0.2, -0.15) is 0 Å². The lowest BCUT2D eigenvalue weighted by Crippen LogP contribution is -2.40. The van der Waals surface area contributed by atoms with E-state index in [1.165, 1.54) is 32.4 Å². The van der Waals surface area contributed by atoms with Gasteiger partial charge in [0.1, 0.15) is 13.1 Å². The molecule has 0 aliphatic rings. The summed E-state index contributed by atoms with van der Waals surface area (Å²) in [7, 11) is 2.38. The summed E-state index contributed by atoms with van der Waals surface area (Å²) in [5, 5.41) is 0. The second kappa shape index (κ2) is 15.1. The zero-order valence-corrected chi connectivity index (χ0v) is 24.3. The zero-order chi connectivity index (χ0) is 31.4. The molecular weight excluding hydrogens is 560 g/mol. The number of carbonyl (C=O) groups is 4. The van der Waals surface area contributed by atoms with Gasteiger partial charge >= 0.3 is 11.9 Å². The van der Waals surface area contributed by atoms with Crippen LogP contribution in [0.4, 0.5) is 0 Å². The molecule has 0 spiro atoms. The number of hydrogen-bond acceptors (Lipinski definition) is 7. The van der Waals surface area contributed by atoms with Crippen molar-refractivity contribution in [2.45, 2.75) is 5.60 Å². The fourth-order valence-corrected chi connectivity index (χ4v) is 4.59. The lowest BCUT2D eigenvalue weighted by atomic mass is 9.80. The molecule has 0 saturated carbocycles. The molecule has 9 heteroatoms. The second-order valence-corrected chi connectivity index (χ2v) is 9.62. The van der Waals surface area contributed by atoms with Gasteiger partial charge in [-0.05, 0) is 40.5 Å². The zero-order valence-electron chi connectivity index (χ0n) is 24.3. The Morgan fingerprint density at radius 3 is 1.50 bits per heavy atom. The molecule has 4 aromatic rings. The highest BCUT2D eigenvalue weighted by molar-refractivity contribution is 5.98. The van der Waals surface area contributed by atoms with Gasteiger partial charge in [-0.25, -0.2) is 5.48 Å². The number of nitrogens with one attached hydrogen (secondary N) is 1. The summed E-state index contributed by atoms with van der Waals surface area (Å²) in [5.41, 5.74) is 4.83. The van der Waals surface area contributed by atoms with Gasteiger partial charge < -0.3 is 14.4 Å². The standard InChI is InChI=1S/C35H32N2O7/c1-42-32(39)24-37(25-33(40)43-2)34(41)27-21-18-26(19-22-27)20-23-31(38)36-44-35(28-12-6-3-7-13-28,29-14-8-4-9-15-29)30-16-10-5-11-17-30/h3-23H,24-25H2,1-2H3,(H,36,38). The molecule has 0 radical (unpaired) electrons. The number of nitrogens with zero attached hydrogens (tertiary/aromatic N) is 1. The van der Waals surface area contributed by atoms with Gasteiger partial charge in [0, 0.05) is 11.6 Å². The molecule has 44 heavy (non-hydrogen) atoms. The number of amides is 2. The van der Waals surface area contributed by atoms with Gasteiger partial charge in [0.2, 0.25) is 0 Å². The van der Waals surface area contributed by atoms with Gasteiger partial charge in [0.15, 0.2) is 5.60 Å². The van der Waals surface area contributed by atoms with E-state index in [0.717, 1.165) is 21.6 Å². The van der Waals surface area contributed by atoms with Crippen LogP contribution in [0, 0.1) is 0 Å². The van der Waals surface area contributed by atoms with Gasteiger partial charge in [-0.15, -0.1) is 0 Å². The SMILES string of the molecule is COC(=O)CN(CC(=O)OC)C(=O)c1ccc(C=CC(=O)NOC(c2ccccc2)(c2ccccc2)c2ccccc2)cc1. The van der Waals surface area contributed by atoms with Gasteiger partial charge in [-0.3, -0.25) is 24.0 Å². The first-order valence-electron chi connectivity index (χ1n) is 13.7. The molecule has 0 heterocycles. The number of hydroxylamine groups is 1. The maximum Gasteiger partial charge on any atom is 0.325 e. The first-order chi connectivity index (χ1) is 21.4. The minimum absolute atomic E-state index is 0.237. The molecule has 1 N–H and O–H groups in total. The van der Waals surface area contributed by atoms with Crippen LogP contribution in [0.5, 0.6) is 0 Å². The van der Waals surface area contributed by atoms with Crippen LogP contribution in [-0.4, -0.2) is 56.0 Å². The number of hydrogen-bond donors (Lipinski definition) is 1. The average molecular weight is 593 g/mol. The number of carbonyl (C=O) groups excluding carboxylic acids is 4. The summed E-state index contributed by atoms with van der Waals surface area (Å²) < 4.78 is 9.26. The predicted molar refractivity (Wildman–Crippen MR) is 164 cm³/mol. The van der Waals surface area contributed by atoms with Crippen LogP contribution in [-0.2, 0) is 34.3 Å². The Balaban J connectivity index is 1.52. The molecule has 0 aliphatic carbocycles. The first-order valence-corrected chi connectivity index (χ1v) is 13.7. The van der Waals surface area contributed by atoms with E-state index in [9.17, 15) is 19.2 Å². The molecular formula is C35H32N2O7. The summed E-state index contributed by atoms with van der Waals surface area (Å²) in [6, 6.07) is 35.3. The highest BCUT2D eigenvalue weighted by atomic mass is 16.7. The molecule has 0 fully saturated rings. The average Bonchev–Trinajstić information content (AvgIpc) is 3.08. The maximum absolute atomic E-state index is 13.0. The third-order valence-corrected chi connectivity index (χ3v) is 6.81. The number of esters is 2. The van der Waals surface area contributed by atoms with Crippen molar-refractivity contribution in [3.8, 4) is 0 Å². The Labute approximate surface area is 255 Å². The Morgan fingerprint density at radius 2 is 1.09 bits per heavy atom. The van der Waals surface area contributed by atoms with Crippen molar-refractivity contribution in [1.82, 2.24) is 10.4 Å². The normalized spacial score (nSPS) is 11.0. The molecule has 2 amide bonds. The number of methoxy groups -OCH3 is 2. The van der Waals surface area contributed by atoms with Crippen molar-refractivity contribution in [2.75, 3.05) is 27.3 Å². The monoisotopic (exact) mass is 592 g/mol. The molecule has 224 valence electrons. The van der Waals surface area contributed by atoms with Crippen LogP contribution >= 0.6 is 0 Å². The van der Waals surface area contributed by atoms with Crippen molar-refractivity contribution < 1.29 is 33.5 Å². The first kappa shape index (κ1) is 31.4. The number of benzene rings is 4. The maximum atomic E-state index is 13.0. The molecule has 0 unspecified atom stereocenters. The van der Waals surface area contributed by atoms with Crippen LogP contribution in [0.15, 0.2) is 121 Å². The largest absolute Gasteiger partial charge is 0.468 e. The summed E-state index contributed by atoms with van der Waals surface area (Å²) in [6.45, 7) is -0.828. The molecule has 0 saturated heterocycles. The molecule has 0 bridgehead atoms. The van der Waals surface area contributed by atoms with Crippen molar-refractivity contribution in [3.63, 3.8) is 0 Å². The van der Waals surface area contributed by atoms with Gasteiger partial charge in [-0.1, -0.05) is 103 Å². The van der Waals surface area contributed by atoms with Crippen molar-refractivity contribution in [1.29, 1.82) is 0 Å². The van der Waals surface area contributed by atoms with Crippen LogP contribution in [0.3, 0.4) is 0 Å². The van der Waals surface area contributed by atoms with Crippen molar-refractivity contribution in [2.24, 2.45) is 0 Å². The summed E-state index contributed by atoms with van der Waals surface area (Å²) in [6.07, 6.45) is 2.90. The predicted octanol–water partition coefficient (Wildman–Crippen LogP) is 4.53. The summed E-state index contributed by atoms with van der Waals surface area (Å²) >= 11 is 0. The van der Waals surface area contributed by atoms with E-state index in [1.54, 1.807) is 18.2 Å². The fourth-order valence-electron chi connectivity index (χ4n) is 4.59. The second-order valence-electron chi connectivity index (χ2n) is 9.62. The fraction of sp³-hybridized carbons (Fsp3) is 0.143. The summed E-state index contributed by atoms with van der Waals surface area (Å²) in [5.74, 6) is -2.40. The van der Waals surface area contributed by atoms with E-state index < -0.39 is 42.4 Å². The summed E-state index contributed by atoms with van der Waals surface area (Å²) in [4.78, 5) is 56.9. The van der Waals surface area contributed by atoms with Crippen LogP contribution < -0.4 is 5.48 Å². The lowest BCUT2D eigenvalue weighted by Gasteiger charge is -2.34.